The molecule has 0 aliphatic rings. The summed E-state index contributed by atoms with van der Waals surface area (Å²) in [6.07, 6.45) is 4.49. The van der Waals surface area contributed by atoms with Crippen molar-refractivity contribution >= 4 is 22.9 Å². The van der Waals surface area contributed by atoms with E-state index in [4.69, 9.17) is 11.6 Å². The van der Waals surface area contributed by atoms with E-state index >= 15 is 0 Å². The molecule has 86 valence electrons. The number of rotatable bonds is 6. The van der Waals surface area contributed by atoms with E-state index in [0.29, 0.717) is 0 Å². The second-order valence-electron chi connectivity index (χ2n) is 3.76. The second kappa shape index (κ2) is 6.33. The van der Waals surface area contributed by atoms with Gasteiger partial charge in [-0.2, -0.15) is 0 Å². The van der Waals surface area contributed by atoms with Crippen LogP contribution in [0, 0.1) is 13.8 Å². The number of thiazole rings is 1. The fourth-order valence-electron chi connectivity index (χ4n) is 1.56. The van der Waals surface area contributed by atoms with Crippen LogP contribution in [0.5, 0.6) is 0 Å². The van der Waals surface area contributed by atoms with Crippen molar-refractivity contribution < 1.29 is 0 Å². The topological polar surface area (TPSA) is 22.0 Å². The fraction of sp³-hybridized carbons (Fsp3) is 0.727. The van der Waals surface area contributed by atoms with Crippen LogP contribution in [0.1, 0.15) is 36.3 Å². The van der Waals surface area contributed by atoms with E-state index in [1.807, 2.05) is 18.4 Å². The molecule has 0 fully saturated rings. The third-order valence-corrected chi connectivity index (χ3v) is 3.90. The summed E-state index contributed by atoms with van der Waals surface area (Å²) in [5, 5.41) is 0. The summed E-state index contributed by atoms with van der Waals surface area (Å²) >= 11 is 6.95. The largest absolute Gasteiger partial charge is 0.307 e. The van der Waals surface area contributed by atoms with Gasteiger partial charge in [-0.05, 0) is 26.7 Å². The first-order chi connectivity index (χ1) is 7.16. The van der Waals surface area contributed by atoms with Crippen molar-refractivity contribution in [1.29, 1.82) is 0 Å². The zero-order valence-corrected chi connectivity index (χ0v) is 11.0. The summed E-state index contributed by atoms with van der Waals surface area (Å²) in [6, 6.07) is 0. The van der Waals surface area contributed by atoms with Crippen molar-refractivity contribution in [2.45, 2.75) is 46.1 Å². The molecule has 0 spiro atoms. The molecule has 15 heavy (non-hydrogen) atoms. The van der Waals surface area contributed by atoms with E-state index in [2.05, 4.69) is 0 Å². The normalized spacial score (nSPS) is 10.9. The second-order valence-corrected chi connectivity index (χ2v) is 5.31. The first-order valence-corrected chi connectivity index (χ1v) is 6.74. The van der Waals surface area contributed by atoms with Gasteiger partial charge in [-0.15, -0.1) is 11.6 Å². The average Bonchev–Trinajstić information content (AvgIpc) is 2.44. The van der Waals surface area contributed by atoms with Gasteiger partial charge in [0.05, 0.1) is 0 Å². The van der Waals surface area contributed by atoms with E-state index in [0.717, 1.165) is 42.3 Å². The molecule has 4 heteroatoms. The average molecular weight is 248 g/mol. The Morgan fingerprint density at radius 2 is 1.87 bits per heavy atom. The monoisotopic (exact) mass is 247 g/mol. The molecule has 0 N–H and O–H groups in total. The quantitative estimate of drug-likeness (QED) is 0.558. The predicted octanol–water partition coefficient (Wildman–Crippen LogP) is 3.33. The Kier molecular flexibility index (Phi) is 5.40. The SMILES string of the molecule is Cc1sc(=O)n(CCCCCCCl)c1C. The van der Waals surface area contributed by atoms with Gasteiger partial charge in [0.15, 0.2) is 0 Å². The molecule has 0 saturated heterocycles. The lowest BCUT2D eigenvalue weighted by Crippen LogP contribution is -2.14. The van der Waals surface area contributed by atoms with Crippen LogP contribution in [-0.2, 0) is 6.54 Å². The van der Waals surface area contributed by atoms with Gasteiger partial charge in [-0.1, -0.05) is 24.2 Å². The number of hydrogen-bond acceptors (Lipinski definition) is 2. The Balaban J connectivity index is 2.41. The molecule has 1 aromatic rings. The maximum absolute atomic E-state index is 11.5. The zero-order valence-electron chi connectivity index (χ0n) is 9.38. The molecule has 0 aliphatic carbocycles. The van der Waals surface area contributed by atoms with Crippen LogP contribution in [0.25, 0.3) is 0 Å². The lowest BCUT2D eigenvalue weighted by molar-refractivity contribution is 0.569. The number of hydrogen-bond donors (Lipinski definition) is 0. The van der Waals surface area contributed by atoms with Crippen molar-refractivity contribution in [3.05, 3.63) is 20.2 Å². The lowest BCUT2D eigenvalue weighted by Gasteiger charge is -2.04. The van der Waals surface area contributed by atoms with E-state index in [9.17, 15) is 4.79 Å². The predicted molar refractivity (Wildman–Crippen MR) is 67.2 cm³/mol. The molecule has 0 bridgehead atoms. The van der Waals surface area contributed by atoms with Crippen LogP contribution in [-0.4, -0.2) is 10.4 Å². The molecule has 0 radical (unpaired) electrons. The summed E-state index contributed by atoms with van der Waals surface area (Å²) in [7, 11) is 0. The number of unbranched alkanes of at least 4 members (excludes halogenated alkanes) is 3. The van der Waals surface area contributed by atoms with Crippen molar-refractivity contribution in [1.82, 2.24) is 4.57 Å². The molecule has 0 aromatic carbocycles. The first kappa shape index (κ1) is 12.8. The zero-order chi connectivity index (χ0) is 11.3. The molecular formula is C11H18ClNOS. The first-order valence-electron chi connectivity index (χ1n) is 5.39. The highest BCUT2D eigenvalue weighted by atomic mass is 35.5. The van der Waals surface area contributed by atoms with Gasteiger partial charge in [0, 0.05) is 23.0 Å². The Morgan fingerprint density at radius 3 is 2.40 bits per heavy atom. The minimum Gasteiger partial charge on any atom is -0.303 e. The van der Waals surface area contributed by atoms with E-state index in [1.54, 1.807) is 0 Å². The van der Waals surface area contributed by atoms with Crippen LogP contribution in [0.4, 0.5) is 0 Å². The van der Waals surface area contributed by atoms with Crippen LogP contribution in [0.3, 0.4) is 0 Å². The van der Waals surface area contributed by atoms with Gasteiger partial charge in [0.2, 0.25) is 0 Å². The Hall–Kier alpha value is -0.280. The molecule has 1 heterocycles. The molecule has 0 aliphatic heterocycles. The van der Waals surface area contributed by atoms with E-state index in [1.165, 1.54) is 17.8 Å². The number of aryl methyl sites for hydroxylation is 1. The Bertz CT molecular complexity index is 356. The summed E-state index contributed by atoms with van der Waals surface area (Å²) in [4.78, 5) is 12.9. The third-order valence-electron chi connectivity index (χ3n) is 2.64. The van der Waals surface area contributed by atoms with Gasteiger partial charge in [-0.3, -0.25) is 4.79 Å². The number of aromatic nitrogens is 1. The van der Waals surface area contributed by atoms with Crippen molar-refractivity contribution in [3.8, 4) is 0 Å². The molecule has 0 unspecified atom stereocenters. The summed E-state index contributed by atoms with van der Waals surface area (Å²) in [5.74, 6) is 0.747. The summed E-state index contributed by atoms with van der Waals surface area (Å²) in [5.41, 5.74) is 1.13. The van der Waals surface area contributed by atoms with Crippen molar-refractivity contribution in [2.24, 2.45) is 0 Å². The molecule has 0 amide bonds. The van der Waals surface area contributed by atoms with Crippen LogP contribution >= 0.6 is 22.9 Å². The van der Waals surface area contributed by atoms with Gasteiger partial charge in [0.25, 0.3) is 0 Å². The number of alkyl halides is 1. The number of halogens is 1. The highest BCUT2D eigenvalue weighted by Gasteiger charge is 2.06. The third kappa shape index (κ3) is 3.65. The number of nitrogens with zero attached hydrogens (tertiary/aromatic N) is 1. The Morgan fingerprint density at radius 1 is 1.20 bits per heavy atom. The summed E-state index contributed by atoms with van der Waals surface area (Å²) in [6.45, 7) is 4.88. The van der Waals surface area contributed by atoms with Gasteiger partial charge in [0.1, 0.15) is 0 Å². The molecule has 1 aromatic heterocycles. The summed E-state index contributed by atoms with van der Waals surface area (Å²) < 4.78 is 1.89. The lowest BCUT2D eigenvalue weighted by atomic mass is 10.2. The van der Waals surface area contributed by atoms with Gasteiger partial charge < -0.3 is 4.57 Å². The Labute approximate surface area is 99.9 Å². The molecular weight excluding hydrogens is 230 g/mol. The minimum atomic E-state index is 0.183. The van der Waals surface area contributed by atoms with E-state index in [-0.39, 0.29) is 4.87 Å². The fourth-order valence-corrected chi connectivity index (χ4v) is 2.61. The van der Waals surface area contributed by atoms with Crippen LogP contribution in [0.2, 0.25) is 0 Å². The van der Waals surface area contributed by atoms with Gasteiger partial charge in [-0.25, -0.2) is 0 Å². The maximum atomic E-state index is 11.5. The highest BCUT2D eigenvalue weighted by molar-refractivity contribution is 7.09. The van der Waals surface area contributed by atoms with Gasteiger partial charge >= 0.3 is 4.87 Å². The standard InChI is InChI=1S/C11H18ClNOS/c1-9-10(2)15-11(14)13(9)8-6-4-3-5-7-12/h3-8H2,1-2H3. The highest BCUT2D eigenvalue weighted by Crippen LogP contribution is 2.11. The van der Waals surface area contributed by atoms with Crippen LogP contribution in [0.15, 0.2) is 4.79 Å². The molecule has 2 nitrogen and oxygen atoms in total. The minimum absolute atomic E-state index is 0.183. The van der Waals surface area contributed by atoms with E-state index < -0.39 is 0 Å². The maximum Gasteiger partial charge on any atom is 0.307 e. The molecule has 0 saturated carbocycles. The molecule has 0 atom stereocenters. The van der Waals surface area contributed by atoms with Crippen molar-refractivity contribution in [2.75, 3.05) is 5.88 Å². The van der Waals surface area contributed by atoms with Crippen LogP contribution < -0.4 is 4.87 Å². The smallest absolute Gasteiger partial charge is 0.303 e. The van der Waals surface area contributed by atoms with Crippen molar-refractivity contribution in [3.63, 3.8) is 0 Å². The molecule has 1 rings (SSSR count).